The molecule has 21 heavy (non-hydrogen) atoms. The minimum absolute atomic E-state index is 0. The molecule has 0 aliphatic carbocycles. The van der Waals surface area contributed by atoms with Crippen LogP contribution in [-0.2, 0) is 6.61 Å². The van der Waals surface area contributed by atoms with Gasteiger partial charge in [0.25, 0.3) is 0 Å². The molecule has 2 aromatic rings. The van der Waals surface area contributed by atoms with Crippen LogP contribution in [0.5, 0.6) is 5.75 Å². The van der Waals surface area contributed by atoms with E-state index in [1.54, 1.807) is 0 Å². The maximum absolute atomic E-state index is 6.16. The summed E-state index contributed by atoms with van der Waals surface area (Å²) in [6, 6.07) is 18.1. The fourth-order valence-electron chi connectivity index (χ4n) is 2.07. The van der Waals surface area contributed by atoms with Crippen LogP contribution in [-0.4, -0.2) is 0 Å². The molecule has 0 saturated carbocycles. The largest absolute Gasteiger partial charge is 0.489 e. The number of nitrogens with two attached hydrogens (primary N) is 1. The summed E-state index contributed by atoms with van der Waals surface area (Å²) >= 11 is 0. The molecule has 0 heterocycles. The Morgan fingerprint density at radius 3 is 2.52 bits per heavy atom. The van der Waals surface area contributed by atoms with Gasteiger partial charge in [-0.05, 0) is 36.6 Å². The molecule has 0 aliphatic rings. The van der Waals surface area contributed by atoms with Crippen molar-refractivity contribution < 1.29 is 4.74 Å². The van der Waals surface area contributed by atoms with Gasteiger partial charge in [-0.2, -0.15) is 0 Å². The van der Waals surface area contributed by atoms with Crippen molar-refractivity contribution >= 4 is 12.4 Å². The number of ether oxygens (including phenoxy) is 1. The second-order valence-electron chi connectivity index (χ2n) is 5.11. The minimum Gasteiger partial charge on any atom is -0.489 e. The summed E-state index contributed by atoms with van der Waals surface area (Å²) in [6.45, 7) is 6.47. The van der Waals surface area contributed by atoms with Crippen LogP contribution in [0.15, 0.2) is 66.7 Å². The second-order valence-corrected chi connectivity index (χ2v) is 5.11. The predicted octanol–water partition coefficient (Wildman–Crippen LogP) is 4.65. The fourth-order valence-corrected chi connectivity index (χ4v) is 2.07. The number of hydrogen-bond donors (Lipinski definition) is 1. The molecule has 0 bridgehead atoms. The molecule has 0 unspecified atom stereocenters. The third kappa shape index (κ3) is 5.62. The molecule has 0 spiro atoms. The van der Waals surface area contributed by atoms with Gasteiger partial charge in [-0.25, -0.2) is 0 Å². The van der Waals surface area contributed by atoms with Crippen LogP contribution in [0.3, 0.4) is 0 Å². The van der Waals surface area contributed by atoms with Gasteiger partial charge in [-0.3, -0.25) is 0 Å². The molecule has 0 aliphatic heterocycles. The highest BCUT2D eigenvalue weighted by atomic mass is 35.5. The van der Waals surface area contributed by atoms with Crippen molar-refractivity contribution in [3.05, 3.63) is 77.9 Å². The van der Waals surface area contributed by atoms with E-state index in [9.17, 15) is 0 Å². The van der Waals surface area contributed by atoms with Gasteiger partial charge in [0.1, 0.15) is 12.4 Å². The van der Waals surface area contributed by atoms with Gasteiger partial charge >= 0.3 is 0 Å². The van der Waals surface area contributed by atoms with Gasteiger partial charge in [0.2, 0.25) is 0 Å². The minimum atomic E-state index is -0.0206. The molecular weight excluding hydrogens is 282 g/mol. The Balaban J connectivity index is 0.00000220. The van der Waals surface area contributed by atoms with E-state index >= 15 is 0 Å². The van der Waals surface area contributed by atoms with Crippen molar-refractivity contribution in [2.45, 2.75) is 26.0 Å². The molecule has 0 saturated heterocycles. The Bertz CT molecular complexity index is 568. The van der Waals surface area contributed by atoms with E-state index in [2.05, 4.69) is 18.7 Å². The molecule has 2 aromatic carbocycles. The SMILES string of the molecule is C=C(C)C[C@H](N)c1cccc(OCc2ccccc2)c1.Cl. The van der Waals surface area contributed by atoms with Crippen LogP contribution in [0.1, 0.15) is 30.5 Å². The van der Waals surface area contributed by atoms with Gasteiger partial charge in [-0.1, -0.05) is 48.0 Å². The molecule has 0 amide bonds. The summed E-state index contributed by atoms with van der Waals surface area (Å²) in [5.41, 5.74) is 9.49. The standard InChI is InChI=1S/C18H21NO.ClH/c1-14(2)11-18(19)16-9-6-10-17(12-16)20-13-15-7-4-3-5-8-15;/h3-10,12,18H,1,11,13,19H2,2H3;1H/t18-;/m0./s1. The lowest BCUT2D eigenvalue weighted by atomic mass is 10.0. The van der Waals surface area contributed by atoms with E-state index in [4.69, 9.17) is 10.5 Å². The number of rotatable bonds is 6. The maximum Gasteiger partial charge on any atom is 0.120 e. The third-order valence-corrected chi connectivity index (χ3v) is 3.10. The zero-order chi connectivity index (χ0) is 14.4. The maximum atomic E-state index is 6.16. The van der Waals surface area contributed by atoms with Crippen LogP contribution < -0.4 is 10.5 Å². The van der Waals surface area contributed by atoms with Crippen molar-refractivity contribution in [3.8, 4) is 5.75 Å². The molecule has 2 N–H and O–H groups in total. The first-order valence-electron chi connectivity index (χ1n) is 6.82. The van der Waals surface area contributed by atoms with E-state index in [-0.39, 0.29) is 18.4 Å². The van der Waals surface area contributed by atoms with Crippen LogP contribution >= 0.6 is 12.4 Å². The van der Waals surface area contributed by atoms with E-state index < -0.39 is 0 Å². The van der Waals surface area contributed by atoms with Gasteiger partial charge in [0, 0.05) is 6.04 Å². The first-order valence-corrected chi connectivity index (χ1v) is 6.82. The van der Waals surface area contributed by atoms with Gasteiger partial charge < -0.3 is 10.5 Å². The summed E-state index contributed by atoms with van der Waals surface area (Å²) in [4.78, 5) is 0. The highest BCUT2D eigenvalue weighted by molar-refractivity contribution is 5.85. The lowest BCUT2D eigenvalue weighted by molar-refractivity contribution is 0.305. The third-order valence-electron chi connectivity index (χ3n) is 3.10. The molecule has 2 nitrogen and oxygen atoms in total. The Morgan fingerprint density at radius 2 is 1.86 bits per heavy atom. The monoisotopic (exact) mass is 303 g/mol. The molecule has 1 atom stereocenters. The summed E-state index contributed by atoms with van der Waals surface area (Å²) in [7, 11) is 0. The van der Waals surface area contributed by atoms with E-state index in [1.165, 1.54) is 0 Å². The lowest BCUT2D eigenvalue weighted by Gasteiger charge is -2.14. The Hall–Kier alpha value is -1.77. The Morgan fingerprint density at radius 1 is 1.14 bits per heavy atom. The van der Waals surface area contributed by atoms with Crippen LogP contribution in [0.2, 0.25) is 0 Å². The van der Waals surface area contributed by atoms with Crippen LogP contribution in [0.4, 0.5) is 0 Å². The quantitative estimate of drug-likeness (QED) is 0.788. The first kappa shape index (κ1) is 17.3. The zero-order valence-electron chi connectivity index (χ0n) is 12.3. The molecule has 0 radical (unpaired) electrons. The topological polar surface area (TPSA) is 35.2 Å². The Kier molecular flexibility index (Phi) is 7.00. The van der Waals surface area contributed by atoms with Crippen molar-refractivity contribution in [3.63, 3.8) is 0 Å². The lowest BCUT2D eigenvalue weighted by Crippen LogP contribution is -2.10. The van der Waals surface area contributed by atoms with Crippen LogP contribution in [0.25, 0.3) is 0 Å². The number of halogens is 1. The summed E-state index contributed by atoms with van der Waals surface area (Å²) in [6.07, 6.45) is 0.794. The highest BCUT2D eigenvalue weighted by Gasteiger charge is 2.07. The highest BCUT2D eigenvalue weighted by Crippen LogP contribution is 2.22. The first-order chi connectivity index (χ1) is 9.65. The fraction of sp³-hybridized carbons (Fsp3) is 0.222. The van der Waals surface area contributed by atoms with Gasteiger partial charge in [-0.15, -0.1) is 19.0 Å². The molecule has 0 aromatic heterocycles. The molecule has 3 heteroatoms. The average molecular weight is 304 g/mol. The molecule has 112 valence electrons. The van der Waals surface area contributed by atoms with Crippen LogP contribution in [0, 0.1) is 0 Å². The van der Waals surface area contributed by atoms with Crippen molar-refractivity contribution in [2.24, 2.45) is 5.73 Å². The normalized spacial score (nSPS) is 11.3. The van der Waals surface area contributed by atoms with Crippen molar-refractivity contribution in [1.29, 1.82) is 0 Å². The smallest absolute Gasteiger partial charge is 0.120 e. The molecule has 2 rings (SSSR count). The van der Waals surface area contributed by atoms with E-state index in [0.29, 0.717) is 6.61 Å². The second kappa shape index (κ2) is 8.50. The van der Waals surface area contributed by atoms with Gasteiger partial charge in [0.15, 0.2) is 0 Å². The molecule has 0 fully saturated rings. The number of benzene rings is 2. The molecular formula is C18H22ClNO. The average Bonchev–Trinajstić information content (AvgIpc) is 2.46. The predicted molar refractivity (Wildman–Crippen MR) is 90.8 cm³/mol. The zero-order valence-corrected chi connectivity index (χ0v) is 13.1. The van der Waals surface area contributed by atoms with Crippen molar-refractivity contribution in [1.82, 2.24) is 0 Å². The van der Waals surface area contributed by atoms with Crippen molar-refractivity contribution in [2.75, 3.05) is 0 Å². The summed E-state index contributed by atoms with van der Waals surface area (Å²) in [5, 5.41) is 0. The Labute approximate surface area is 133 Å². The van der Waals surface area contributed by atoms with Gasteiger partial charge in [0.05, 0.1) is 0 Å². The number of hydrogen-bond acceptors (Lipinski definition) is 2. The van der Waals surface area contributed by atoms with E-state index in [1.807, 2.05) is 49.4 Å². The summed E-state index contributed by atoms with van der Waals surface area (Å²) < 4.78 is 5.81. The summed E-state index contributed by atoms with van der Waals surface area (Å²) in [5.74, 6) is 0.850. The van der Waals surface area contributed by atoms with E-state index in [0.717, 1.165) is 28.9 Å².